The van der Waals surface area contributed by atoms with Crippen LogP contribution in [0.15, 0.2) is 60.7 Å². The number of hydrogen-bond acceptors (Lipinski definition) is 6. The standard InChI is InChI=1S/C26H31N3O6/c1-3-34-24(32)26(2,27-22(30)20-13-8-5-9-14-20)28-25(33)29-16-10-15-21(17-29)23(31)35-18-19-11-6-4-7-12-19/h4-9,11-14,21H,3,10,15-18H2,1-2H3,(H,27,30)(H,28,33)/t21-,26+/m1/s1. The second-order valence-electron chi connectivity index (χ2n) is 8.47. The molecule has 2 aromatic carbocycles. The first-order valence-electron chi connectivity index (χ1n) is 11.6. The zero-order chi connectivity index (χ0) is 25.3. The first-order chi connectivity index (χ1) is 16.8. The van der Waals surface area contributed by atoms with Crippen molar-refractivity contribution in [2.75, 3.05) is 19.7 Å². The lowest BCUT2D eigenvalue weighted by Crippen LogP contribution is -2.66. The number of amides is 3. The molecule has 2 atom stereocenters. The summed E-state index contributed by atoms with van der Waals surface area (Å²) in [5.41, 5.74) is -0.595. The van der Waals surface area contributed by atoms with E-state index >= 15 is 0 Å². The number of esters is 2. The Hall–Kier alpha value is -3.88. The summed E-state index contributed by atoms with van der Waals surface area (Å²) >= 11 is 0. The molecule has 0 spiro atoms. The van der Waals surface area contributed by atoms with Crippen LogP contribution < -0.4 is 10.6 Å². The van der Waals surface area contributed by atoms with Crippen molar-refractivity contribution in [2.24, 2.45) is 5.92 Å². The third-order valence-corrected chi connectivity index (χ3v) is 5.71. The fourth-order valence-electron chi connectivity index (χ4n) is 3.79. The zero-order valence-electron chi connectivity index (χ0n) is 20.0. The van der Waals surface area contributed by atoms with Gasteiger partial charge in [-0.3, -0.25) is 9.59 Å². The van der Waals surface area contributed by atoms with E-state index < -0.39 is 29.5 Å². The monoisotopic (exact) mass is 481 g/mol. The molecule has 186 valence electrons. The average molecular weight is 482 g/mol. The smallest absolute Gasteiger partial charge is 0.352 e. The Balaban J connectivity index is 1.64. The highest BCUT2D eigenvalue weighted by Gasteiger charge is 2.40. The lowest BCUT2D eigenvalue weighted by Gasteiger charge is -2.35. The predicted molar refractivity (Wildman–Crippen MR) is 128 cm³/mol. The highest BCUT2D eigenvalue weighted by atomic mass is 16.5. The number of carbonyl (C=O) groups is 4. The normalized spacial score (nSPS) is 17.0. The maximum absolute atomic E-state index is 13.1. The van der Waals surface area contributed by atoms with E-state index in [0.717, 1.165) is 5.56 Å². The second-order valence-corrected chi connectivity index (χ2v) is 8.47. The van der Waals surface area contributed by atoms with Gasteiger partial charge in [0.05, 0.1) is 12.5 Å². The highest BCUT2D eigenvalue weighted by molar-refractivity contribution is 5.99. The molecule has 3 rings (SSSR count). The van der Waals surface area contributed by atoms with Gasteiger partial charge in [0.2, 0.25) is 5.66 Å². The van der Waals surface area contributed by atoms with Crippen LogP contribution in [0.5, 0.6) is 0 Å². The molecule has 2 N–H and O–H groups in total. The number of nitrogens with zero attached hydrogens (tertiary/aromatic N) is 1. The number of piperidine rings is 1. The first kappa shape index (κ1) is 25.7. The molecule has 0 aliphatic carbocycles. The van der Waals surface area contributed by atoms with Crippen LogP contribution in [0.2, 0.25) is 0 Å². The van der Waals surface area contributed by atoms with Gasteiger partial charge < -0.3 is 25.0 Å². The van der Waals surface area contributed by atoms with E-state index in [-0.39, 0.29) is 25.7 Å². The van der Waals surface area contributed by atoms with E-state index in [0.29, 0.717) is 24.9 Å². The number of nitrogens with one attached hydrogen (secondary N) is 2. The second kappa shape index (κ2) is 12.0. The summed E-state index contributed by atoms with van der Waals surface area (Å²) in [4.78, 5) is 52.6. The van der Waals surface area contributed by atoms with Crippen molar-refractivity contribution in [2.45, 2.75) is 39.0 Å². The topological polar surface area (TPSA) is 114 Å². The Labute approximate surface area is 204 Å². The summed E-state index contributed by atoms with van der Waals surface area (Å²) in [5, 5.41) is 5.17. The van der Waals surface area contributed by atoms with E-state index in [2.05, 4.69) is 10.6 Å². The average Bonchev–Trinajstić information content (AvgIpc) is 2.88. The van der Waals surface area contributed by atoms with E-state index in [1.807, 2.05) is 30.3 Å². The fraction of sp³-hybridized carbons (Fsp3) is 0.385. The maximum atomic E-state index is 13.1. The molecule has 1 aliphatic rings. The van der Waals surface area contributed by atoms with Gasteiger partial charge in [-0.15, -0.1) is 0 Å². The van der Waals surface area contributed by atoms with Crippen LogP contribution in [0.1, 0.15) is 42.6 Å². The molecular weight excluding hydrogens is 450 g/mol. The van der Waals surface area contributed by atoms with E-state index in [9.17, 15) is 19.2 Å². The minimum atomic E-state index is -1.80. The molecule has 1 saturated heterocycles. The van der Waals surface area contributed by atoms with Crippen LogP contribution in [0.3, 0.4) is 0 Å². The third-order valence-electron chi connectivity index (χ3n) is 5.71. The number of benzene rings is 2. The van der Waals surface area contributed by atoms with Gasteiger partial charge in [-0.1, -0.05) is 48.5 Å². The number of urea groups is 1. The van der Waals surface area contributed by atoms with E-state index in [4.69, 9.17) is 9.47 Å². The van der Waals surface area contributed by atoms with Gasteiger partial charge in [0.25, 0.3) is 5.91 Å². The molecule has 9 heteroatoms. The molecule has 0 unspecified atom stereocenters. The third kappa shape index (κ3) is 7.05. The van der Waals surface area contributed by atoms with E-state index in [1.165, 1.54) is 11.8 Å². The molecule has 2 aromatic rings. The summed E-state index contributed by atoms with van der Waals surface area (Å²) in [5.74, 6) is -2.20. The summed E-state index contributed by atoms with van der Waals surface area (Å²) in [6.07, 6.45) is 1.20. The summed E-state index contributed by atoms with van der Waals surface area (Å²) in [6.45, 7) is 3.79. The number of ether oxygens (including phenoxy) is 2. The molecule has 9 nitrogen and oxygen atoms in total. The minimum absolute atomic E-state index is 0.0740. The predicted octanol–water partition coefficient (Wildman–Crippen LogP) is 2.86. The largest absolute Gasteiger partial charge is 0.463 e. The van der Waals surface area contributed by atoms with Crippen molar-refractivity contribution >= 4 is 23.9 Å². The SMILES string of the molecule is CCOC(=O)[C@@](C)(NC(=O)c1ccccc1)NC(=O)N1CCC[C@@H](C(=O)OCc2ccccc2)C1. The summed E-state index contributed by atoms with van der Waals surface area (Å²) < 4.78 is 10.5. The van der Waals surface area contributed by atoms with Crippen LogP contribution in [0, 0.1) is 5.92 Å². The Bertz CT molecular complexity index is 1030. The van der Waals surface area contributed by atoms with Gasteiger partial charge in [0.1, 0.15) is 6.61 Å². The molecule has 1 fully saturated rings. The molecule has 1 heterocycles. The van der Waals surface area contributed by atoms with Crippen molar-refractivity contribution in [3.63, 3.8) is 0 Å². The van der Waals surface area contributed by atoms with Crippen molar-refractivity contribution < 1.29 is 28.7 Å². The molecule has 0 radical (unpaired) electrons. The molecular formula is C26H31N3O6. The molecule has 0 bridgehead atoms. The minimum Gasteiger partial charge on any atom is -0.463 e. The lowest BCUT2D eigenvalue weighted by atomic mass is 9.98. The number of likely N-dealkylation sites (tertiary alicyclic amines) is 1. The Morgan fingerprint density at radius 1 is 0.971 bits per heavy atom. The van der Waals surface area contributed by atoms with Crippen LogP contribution in [-0.2, 0) is 25.7 Å². The van der Waals surface area contributed by atoms with Crippen LogP contribution in [0.4, 0.5) is 4.79 Å². The molecule has 0 aromatic heterocycles. The van der Waals surface area contributed by atoms with Gasteiger partial charge in [0, 0.05) is 18.7 Å². The first-order valence-corrected chi connectivity index (χ1v) is 11.6. The van der Waals surface area contributed by atoms with Gasteiger partial charge in [-0.05, 0) is 44.4 Å². The Morgan fingerprint density at radius 2 is 1.63 bits per heavy atom. The number of carbonyl (C=O) groups excluding carboxylic acids is 4. The van der Waals surface area contributed by atoms with Gasteiger partial charge in [-0.25, -0.2) is 9.59 Å². The van der Waals surface area contributed by atoms with Crippen LogP contribution in [0.25, 0.3) is 0 Å². The quantitative estimate of drug-likeness (QED) is 0.443. The lowest BCUT2D eigenvalue weighted by molar-refractivity contribution is -0.152. The molecule has 0 saturated carbocycles. The van der Waals surface area contributed by atoms with Crippen molar-refractivity contribution in [3.05, 3.63) is 71.8 Å². The molecule has 35 heavy (non-hydrogen) atoms. The zero-order valence-corrected chi connectivity index (χ0v) is 20.0. The van der Waals surface area contributed by atoms with Crippen molar-refractivity contribution in [1.82, 2.24) is 15.5 Å². The van der Waals surface area contributed by atoms with Crippen LogP contribution in [-0.4, -0.2) is 54.1 Å². The molecule has 1 aliphatic heterocycles. The van der Waals surface area contributed by atoms with Crippen LogP contribution >= 0.6 is 0 Å². The summed E-state index contributed by atoms with van der Waals surface area (Å²) in [6, 6.07) is 17.1. The number of hydrogen-bond donors (Lipinski definition) is 2. The van der Waals surface area contributed by atoms with Crippen molar-refractivity contribution in [1.29, 1.82) is 0 Å². The highest BCUT2D eigenvalue weighted by Crippen LogP contribution is 2.19. The van der Waals surface area contributed by atoms with Gasteiger partial charge in [-0.2, -0.15) is 0 Å². The number of rotatable bonds is 8. The Kier molecular flexibility index (Phi) is 8.83. The van der Waals surface area contributed by atoms with E-state index in [1.54, 1.807) is 37.3 Å². The van der Waals surface area contributed by atoms with Gasteiger partial charge in [0.15, 0.2) is 0 Å². The maximum Gasteiger partial charge on any atom is 0.352 e. The fourth-order valence-corrected chi connectivity index (χ4v) is 3.79. The molecule has 3 amide bonds. The Morgan fingerprint density at radius 3 is 2.29 bits per heavy atom. The van der Waals surface area contributed by atoms with Gasteiger partial charge >= 0.3 is 18.0 Å². The summed E-state index contributed by atoms with van der Waals surface area (Å²) in [7, 11) is 0. The van der Waals surface area contributed by atoms with Crippen molar-refractivity contribution in [3.8, 4) is 0 Å².